The number of likely N-dealkylation sites (N-methyl/N-ethyl adjacent to an activating group) is 1. The van der Waals surface area contributed by atoms with Gasteiger partial charge in [-0.2, -0.15) is 0 Å². The summed E-state index contributed by atoms with van der Waals surface area (Å²) in [5.74, 6) is -0.227. The second-order valence-corrected chi connectivity index (χ2v) is 4.75. The van der Waals surface area contributed by atoms with E-state index in [1.165, 1.54) is 11.0 Å². The van der Waals surface area contributed by atoms with Crippen molar-refractivity contribution in [3.8, 4) is 0 Å². The summed E-state index contributed by atoms with van der Waals surface area (Å²) in [5, 5.41) is 0.291. The number of aromatic nitrogens is 1. The molecule has 1 aromatic heterocycles. The molecular formula is C12H14ClN3O2. The molecule has 1 aliphatic rings. The molecule has 0 radical (unpaired) electrons. The van der Waals surface area contributed by atoms with Crippen LogP contribution in [0.4, 0.5) is 0 Å². The number of halogens is 1. The highest BCUT2D eigenvalue weighted by molar-refractivity contribution is 6.29. The van der Waals surface area contributed by atoms with Gasteiger partial charge in [-0.05, 0) is 19.1 Å². The molecule has 0 unspecified atom stereocenters. The highest BCUT2D eigenvalue weighted by Crippen LogP contribution is 2.14. The summed E-state index contributed by atoms with van der Waals surface area (Å²) in [4.78, 5) is 31.0. The molecule has 18 heavy (non-hydrogen) atoms. The van der Waals surface area contributed by atoms with Crippen molar-refractivity contribution in [1.82, 2.24) is 14.8 Å². The molecule has 1 saturated heterocycles. The Morgan fingerprint density at radius 1 is 1.39 bits per heavy atom. The molecular weight excluding hydrogens is 254 g/mol. The van der Waals surface area contributed by atoms with Crippen LogP contribution in [0.1, 0.15) is 16.1 Å². The number of carbonyl (C=O) groups excluding carboxylic acids is 2. The molecule has 0 aliphatic carbocycles. The first-order chi connectivity index (χ1) is 8.47. The first-order valence-corrected chi connectivity index (χ1v) is 6.02. The van der Waals surface area contributed by atoms with E-state index in [9.17, 15) is 9.59 Å². The minimum absolute atomic E-state index is 0.0496. The Hall–Kier alpha value is -1.62. The number of carbonyl (C=O) groups is 2. The Kier molecular flexibility index (Phi) is 3.52. The van der Waals surface area contributed by atoms with Crippen molar-refractivity contribution in [1.29, 1.82) is 0 Å². The number of hydrogen-bond donors (Lipinski definition) is 0. The van der Waals surface area contributed by atoms with Gasteiger partial charge in [-0.3, -0.25) is 9.59 Å². The highest BCUT2D eigenvalue weighted by Gasteiger charge is 2.25. The first-order valence-electron chi connectivity index (χ1n) is 5.65. The molecule has 0 N–H and O–H groups in total. The van der Waals surface area contributed by atoms with E-state index >= 15 is 0 Å². The van der Waals surface area contributed by atoms with Crippen LogP contribution in [-0.2, 0) is 4.79 Å². The Bertz CT molecular complexity index is 484. The lowest BCUT2D eigenvalue weighted by Gasteiger charge is -2.32. The SMILES string of the molecule is Cc1cc(C(=O)N2CCN(C)C(=O)C2)cc(Cl)n1. The maximum Gasteiger partial charge on any atom is 0.254 e. The minimum Gasteiger partial charge on any atom is -0.342 e. The fourth-order valence-electron chi connectivity index (χ4n) is 1.87. The van der Waals surface area contributed by atoms with E-state index in [1.807, 2.05) is 0 Å². The van der Waals surface area contributed by atoms with E-state index in [0.717, 1.165) is 0 Å². The lowest BCUT2D eigenvalue weighted by molar-refractivity contribution is -0.133. The van der Waals surface area contributed by atoms with Gasteiger partial charge in [0.15, 0.2) is 0 Å². The Morgan fingerprint density at radius 2 is 2.11 bits per heavy atom. The largest absolute Gasteiger partial charge is 0.342 e. The van der Waals surface area contributed by atoms with Crippen LogP contribution in [0.3, 0.4) is 0 Å². The average molecular weight is 268 g/mol. The molecule has 1 aliphatic heterocycles. The number of amides is 2. The van der Waals surface area contributed by atoms with Crippen molar-refractivity contribution in [2.24, 2.45) is 0 Å². The van der Waals surface area contributed by atoms with Crippen molar-refractivity contribution in [2.45, 2.75) is 6.92 Å². The Labute approximate surface area is 110 Å². The van der Waals surface area contributed by atoms with E-state index < -0.39 is 0 Å². The topological polar surface area (TPSA) is 53.5 Å². The second-order valence-electron chi connectivity index (χ2n) is 4.36. The van der Waals surface area contributed by atoms with E-state index in [4.69, 9.17) is 11.6 Å². The van der Waals surface area contributed by atoms with Gasteiger partial charge in [0.05, 0.1) is 0 Å². The highest BCUT2D eigenvalue weighted by atomic mass is 35.5. The van der Waals surface area contributed by atoms with Crippen LogP contribution in [0.5, 0.6) is 0 Å². The third-order valence-electron chi connectivity index (χ3n) is 2.91. The molecule has 2 amide bonds. The first kappa shape index (κ1) is 12.8. The van der Waals surface area contributed by atoms with Gasteiger partial charge in [-0.15, -0.1) is 0 Å². The summed E-state index contributed by atoms with van der Waals surface area (Å²) in [6.45, 7) is 2.99. The fourth-order valence-corrected chi connectivity index (χ4v) is 2.12. The monoisotopic (exact) mass is 267 g/mol. The van der Waals surface area contributed by atoms with Gasteiger partial charge in [-0.1, -0.05) is 11.6 Å². The molecule has 96 valence electrons. The number of nitrogens with zero attached hydrogens (tertiary/aromatic N) is 3. The Morgan fingerprint density at radius 3 is 2.72 bits per heavy atom. The summed E-state index contributed by atoms with van der Waals surface area (Å²) in [7, 11) is 1.73. The van der Waals surface area contributed by atoms with Crippen molar-refractivity contribution >= 4 is 23.4 Å². The number of pyridine rings is 1. The fraction of sp³-hybridized carbons (Fsp3) is 0.417. The van der Waals surface area contributed by atoms with Crippen molar-refractivity contribution in [2.75, 3.05) is 26.7 Å². The zero-order valence-corrected chi connectivity index (χ0v) is 11.1. The number of hydrogen-bond acceptors (Lipinski definition) is 3. The van der Waals surface area contributed by atoms with E-state index in [-0.39, 0.29) is 18.4 Å². The van der Waals surface area contributed by atoms with Gasteiger partial charge in [-0.25, -0.2) is 4.98 Å². The molecule has 0 saturated carbocycles. The molecule has 1 aromatic rings. The standard InChI is InChI=1S/C12H14ClN3O2/c1-8-5-9(6-10(13)14-8)12(18)16-4-3-15(2)11(17)7-16/h5-6H,3-4,7H2,1-2H3. The zero-order valence-electron chi connectivity index (χ0n) is 10.3. The maximum absolute atomic E-state index is 12.2. The molecule has 6 heteroatoms. The van der Waals surface area contributed by atoms with Crippen LogP contribution in [0.2, 0.25) is 5.15 Å². The summed E-state index contributed by atoms with van der Waals surface area (Å²) in [5.41, 5.74) is 1.16. The molecule has 5 nitrogen and oxygen atoms in total. The third-order valence-corrected chi connectivity index (χ3v) is 3.11. The quantitative estimate of drug-likeness (QED) is 0.712. The van der Waals surface area contributed by atoms with Crippen LogP contribution in [0.25, 0.3) is 0 Å². The summed E-state index contributed by atoms with van der Waals surface area (Å²) in [6.07, 6.45) is 0. The molecule has 0 aromatic carbocycles. The number of piperazine rings is 1. The van der Waals surface area contributed by atoms with Crippen LogP contribution >= 0.6 is 11.6 Å². The van der Waals surface area contributed by atoms with Gasteiger partial charge < -0.3 is 9.80 Å². The van der Waals surface area contributed by atoms with Crippen LogP contribution in [0.15, 0.2) is 12.1 Å². The van der Waals surface area contributed by atoms with Gasteiger partial charge >= 0.3 is 0 Å². The van der Waals surface area contributed by atoms with Gasteiger partial charge in [0.25, 0.3) is 5.91 Å². The minimum atomic E-state index is -0.177. The lowest BCUT2D eigenvalue weighted by Crippen LogP contribution is -2.50. The van der Waals surface area contributed by atoms with E-state index in [0.29, 0.717) is 29.5 Å². The van der Waals surface area contributed by atoms with Crippen molar-refractivity contribution in [3.05, 3.63) is 28.5 Å². The molecule has 0 atom stereocenters. The normalized spacial score (nSPS) is 16.1. The molecule has 0 spiro atoms. The maximum atomic E-state index is 12.2. The Balaban J connectivity index is 2.18. The summed E-state index contributed by atoms with van der Waals surface area (Å²) < 4.78 is 0. The predicted octanol–water partition coefficient (Wildman–Crippen LogP) is 0.958. The molecule has 2 rings (SSSR count). The number of aryl methyl sites for hydroxylation is 1. The number of rotatable bonds is 1. The summed E-state index contributed by atoms with van der Waals surface area (Å²) >= 11 is 5.83. The van der Waals surface area contributed by atoms with E-state index in [1.54, 1.807) is 24.9 Å². The van der Waals surface area contributed by atoms with Crippen LogP contribution < -0.4 is 0 Å². The molecule has 1 fully saturated rings. The van der Waals surface area contributed by atoms with Crippen molar-refractivity contribution < 1.29 is 9.59 Å². The smallest absolute Gasteiger partial charge is 0.254 e. The van der Waals surface area contributed by atoms with Gasteiger partial charge in [0, 0.05) is 31.4 Å². The van der Waals surface area contributed by atoms with Crippen LogP contribution in [0, 0.1) is 6.92 Å². The summed E-state index contributed by atoms with van der Waals surface area (Å²) in [6, 6.07) is 3.21. The third kappa shape index (κ3) is 2.61. The van der Waals surface area contributed by atoms with Gasteiger partial charge in [0.2, 0.25) is 5.91 Å². The van der Waals surface area contributed by atoms with Crippen LogP contribution in [-0.4, -0.2) is 53.3 Å². The average Bonchev–Trinajstić information content (AvgIpc) is 2.30. The zero-order chi connectivity index (χ0) is 13.3. The lowest BCUT2D eigenvalue weighted by atomic mass is 10.2. The second kappa shape index (κ2) is 4.94. The predicted molar refractivity (Wildman–Crippen MR) is 67.5 cm³/mol. The van der Waals surface area contributed by atoms with E-state index in [2.05, 4.69) is 4.98 Å². The van der Waals surface area contributed by atoms with Crippen molar-refractivity contribution in [3.63, 3.8) is 0 Å². The molecule has 0 bridgehead atoms. The molecule has 2 heterocycles. The van der Waals surface area contributed by atoms with Gasteiger partial charge in [0.1, 0.15) is 11.7 Å².